The molecule has 3 aromatic rings. The highest BCUT2D eigenvalue weighted by molar-refractivity contribution is 9.10. The minimum absolute atomic E-state index is 0.220. The monoisotopic (exact) mass is 359 g/mol. The smallest absolute Gasteiger partial charge is 0.221 e. The first-order valence-corrected chi connectivity index (χ1v) is 7.37. The quantitative estimate of drug-likeness (QED) is 0.772. The summed E-state index contributed by atoms with van der Waals surface area (Å²) in [6, 6.07) is 11.5. The van der Waals surface area contributed by atoms with Gasteiger partial charge in [-0.3, -0.25) is 0 Å². The standard InChI is InChI=1S/C16H14BrN3O2/c1-21-13-7-11-12(8-14(13)22-2)19-16(18)20-15(11)9-3-5-10(17)6-4-9/h3-8H,1-2H3,(H2,18,19,20). The number of hydrogen-bond acceptors (Lipinski definition) is 5. The predicted octanol–water partition coefficient (Wildman–Crippen LogP) is 3.66. The average molecular weight is 360 g/mol. The number of fused-ring (bicyclic) bond motifs is 1. The topological polar surface area (TPSA) is 70.3 Å². The zero-order valence-electron chi connectivity index (χ0n) is 12.1. The van der Waals surface area contributed by atoms with E-state index in [1.807, 2.05) is 30.3 Å². The second kappa shape index (κ2) is 5.81. The molecule has 3 rings (SSSR count). The van der Waals surface area contributed by atoms with Crippen molar-refractivity contribution in [2.45, 2.75) is 0 Å². The highest BCUT2D eigenvalue weighted by atomic mass is 79.9. The Bertz CT molecular complexity index is 835. The lowest BCUT2D eigenvalue weighted by molar-refractivity contribution is 0.356. The molecule has 0 aliphatic carbocycles. The minimum atomic E-state index is 0.220. The van der Waals surface area contributed by atoms with E-state index in [9.17, 15) is 0 Å². The van der Waals surface area contributed by atoms with E-state index in [4.69, 9.17) is 15.2 Å². The Morgan fingerprint density at radius 1 is 0.955 bits per heavy atom. The van der Waals surface area contributed by atoms with Gasteiger partial charge in [0.25, 0.3) is 0 Å². The lowest BCUT2D eigenvalue weighted by Gasteiger charge is -2.12. The van der Waals surface area contributed by atoms with Crippen molar-refractivity contribution in [3.8, 4) is 22.8 Å². The number of nitrogens with two attached hydrogens (primary N) is 1. The van der Waals surface area contributed by atoms with Crippen LogP contribution in [0.15, 0.2) is 40.9 Å². The number of halogens is 1. The Morgan fingerprint density at radius 2 is 1.59 bits per heavy atom. The predicted molar refractivity (Wildman–Crippen MR) is 90.2 cm³/mol. The first-order chi connectivity index (χ1) is 10.6. The molecule has 0 unspecified atom stereocenters. The second-order valence-corrected chi connectivity index (χ2v) is 5.58. The van der Waals surface area contributed by atoms with Gasteiger partial charge in [0, 0.05) is 21.5 Å². The number of methoxy groups -OCH3 is 2. The Hall–Kier alpha value is -2.34. The maximum atomic E-state index is 5.85. The number of nitrogen functional groups attached to an aromatic ring is 1. The third-order valence-electron chi connectivity index (χ3n) is 3.34. The summed E-state index contributed by atoms with van der Waals surface area (Å²) in [5, 5.41) is 0.856. The van der Waals surface area contributed by atoms with Gasteiger partial charge in [-0.15, -0.1) is 0 Å². The van der Waals surface area contributed by atoms with Crippen LogP contribution in [-0.4, -0.2) is 24.2 Å². The Kier molecular flexibility index (Phi) is 3.85. The number of ether oxygens (including phenoxy) is 2. The molecule has 1 aromatic heterocycles. The van der Waals surface area contributed by atoms with Crippen molar-refractivity contribution in [2.24, 2.45) is 0 Å². The van der Waals surface area contributed by atoms with Crippen LogP contribution in [0.3, 0.4) is 0 Å². The number of benzene rings is 2. The van der Waals surface area contributed by atoms with E-state index >= 15 is 0 Å². The molecule has 0 atom stereocenters. The van der Waals surface area contributed by atoms with Crippen molar-refractivity contribution < 1.29 is 9.47 Å². The Morgan fingerprint density at radius 3 is 2.23 bits per heavy atom. The van der Waals surface area contributed by atoms with Gasteiger partial charge in [0.1, 0.15) is 0 Å². The van der Waals surface area contributed by atoms with E-state index in [0.717, 1.165) is 21.1 Å². The van der Waals surface area contributed by atoms with Gasteiger partial charge in [-0.25, -0.2) is 9.97 Å². The summed E-state index contributed by atoms with van der Waals surface area (Å²) in [5.41, 5.74) is 8.28. The highest BCUT2D eigenvalue weighted by Gasteiger charge is 2.13. The zero-order chi connectivity index (χ0) is 15.7. The van der Waals surface area contributed by atoms with Gasteiger partial charge < -0.3 is 15.2 Å². The fourth-order valence-corrected chi connectivity index (χ4v) is 2.57. The van der Waals surface area contributed by atoms with E-state index < -0.39 is 0 Å². The third-order valence-corrected chi connectivity index (χ3v) is 3.86. The summed E-state index contributed by atoms with van der Waals surface area (Å²) >= 11 is 3.43. The number of hydrogen-bond donors (Lipinski definition) is 1. The Balaban J connectivity index is 2.31. The first kappa shape index (κ1) is 14.6. The zero-order valence-corrected chi connectivity index (χ0v) is 13.7. The SMILES string of the molecule is COc1cc2nc(N)nc(-c3ccc(Br)cc3)c2cc1OC. The molecule has 5 nitrogen and oxygen atoms in total. The fourth-order valence-electron chi connectivity index (χ4n) is 2.30. The van der Waals surface area contributed by atoms with Crippen LogP contribution in [-0.2, 0) is 0 Å². The van der Waals surface area contributed by atoms with Crippen LogP contribution in [0.2, 0.25) is 0 Å². The van der Waals surface area contributed by atoms with Gasteiger partial charge in [-0.05, 0) is 18.2 Å². The van der Waals surface area contributed by atoms with Crippen LogP contribution in [0.4, 0.5) is 5.95 Å². The summed E-state index contributed by atoms with van der Waals surface area (Å²) in [4.78, 5) is 8.67. The van der Waals surface area contributed by atoms with E-state index in [-0.39, 0.29) is 5.95 Å². The Labute approximate surface area is 136 Å². The molecule has 0 saturated heterocycles. The second-order valence-electron chi connectivity index (χ2n) is 4.66. The van der Waals surface area contributed by atoms with Gasteiger partial charge in [-0.1, -0.05) is 28.1 Å². The van der Waals surface area contributed by atoms with E-state index in [2.05, 4.69) is 25.9 Å². The third kappa shape index (κ3) is 2.57. The highest BCUT2D eigenvalue weighted by Crippen LogP contribution is 2.36. The van der Waals surface area contributed by atoms with Crippen LogP contribution in [0.25, 0.3) is 22.2 Å². The summed E-state index contributed by atoms with van der Waals surface area (Å²) < 4.78 is 11.7. The molecule has 0 saturated carbocycles. The molecule has 0 fully saturated rings. The van der Waals surface area contributed by atoms with Gasteiger partial charge in [0.2, 0.25) is 5.95 Å². The molecule has 0 amide bonds. The van der Waals surface area contributed by atoms with Crippen LogP contribution in [0.1, 0.15) is 0 Å². The van der Waals surface area contributed by atoms with Crippen LogP contribution in [0, 0.1) is 0 Å². The minimum Gasteiger partial charge on any atom is -0.493 e. The molecule has 0 bridgehead atoms. The van der Waals surface area contributed by atoms with Crippen molar-refractivity contribution >= 4 is 32.8 Å². The van der Waals surface area contributed by atoms with Crippen LogP contribution < -0.4 is 15.2 Å². The van der Waals surface area contributed by atoms with E-state index in [0.29, 0.717) is 17.0 Å². The molecule has 0 aliphatic heterocycles. The van der Waals surface area contributed by atoms with Gasteiger partial charge >= 0.3 is 0 Å². The first-order valence-electron chi connectivity index (χ1n) is 6.57. The molecule has 0 radical (unpaired) electrons. The number of nitrogens with zero attached hydrogens (tertiary/aromatic N) is 2. The average Bonchev–Trinajstić information content (AvgIpc) is 2.53. The molecular formula is C16H14BrN3O2. The van der Waals surface area contributed by atoms with Crippen molar-refractivity contribution in [1.82, 2.24) is 9.97 Å². The van der Waals surface area contributed by atoms with Crippen LogP contribution in [0.5, 0.6) is 11.5 Å². The summed E-state index contributed by atoms with van der Waals surface area (Å²) in [6.07, 6.45) is 0. The molecule has 1 heterocycles. The summed E-state index contributed by atoms with van der Waals surface area (Å²) in [7, 11) is 3.19. The van der Waals surface area contributed by atoms with Gasteiger partial charge in [0.05, 0.1) is 25.4 Å². The van der Waals surface area contributed by atoms with Crippen LogP contribution >= 0.6 is 15.9 Å². The van der Waals surface area contributed by atoms with Crippen molar-refractivity contribution in [1.29, 1.82) is 0 Å². The van der Waals surface area contributed by atoms with Crippen molar-refractivity contribution in [2.75, 3.05) is 20.0 Å². The summed E-state index contributed by atoms with van der Waals surface area (Å²) in [5.74, 6) is 1.45. The largest absolute Gasteiger partial charge is 0.493 e. The van der Waals surface area contributed by atoms with Gasteiger partial charge in [0.15, 0.2) is 11.5 Å². The molecular weight excluding hydrogens is 346 g/mol. The maximum Gasteiger partial charge on any atom is 0.221 e. The molecule has 0 aliphatic rings. The molecule has 0 spiro atoms. The van der Waals surface area contributed by atoms with E-state index in [1.54, 1.807) is 20.3 Å². The molecule has 22 heavy (non-hydrogen) atoms. The number of aromatic nitrogens is 2. The fraction of sp³-hybridized carbons (Fsp3) is 0.125. The van der Waals surface area contributed by atoms with Gasteiger partial charge in [-0.2, -0.15) is 0 Å². The van der Waals surface area contributed by atoms with Crippen molar-refractivity contribution in [3.05, 3.63) is 40.9 Å². The number of rotatable bonds is 3. The molecule has 2 aromatic carbocycles. The maximum absolute atomic E-state index is 5.85. The molecule has 2 N–H and O–H groups in total. The number of anilines is 1. The van der Waals surface area contributed by atoms with Crippen molar-refractivity contribution in [3.63, 3.8) is 0 Å². The lowest BCUT2D eigenvalue weighted by atomic mass is 10.1. The summed E-state index contributed by atoms with van der Waals surface area (Å²) in [6.45, 7) is 0. The molecule has 6 heteroatoms. The molecule has 112 valence electrons. The normalized spacial score (nSPS) is 10.7. The lowest BCUT2D eigenvalue weighted by Crippen LogP contribution is -1.99. The van der Waals surface area contributed by atoms with E-state index in [1.165, 1.54) is 0 Å².